The Morgan fingerprint density at radius 3 is 2.95 bits per heavy atom. The number of hydrogen-bond acceptors (Lipinski definition) is 2. The zero-order valence-electron chi connectivity index (χ0n) is 10.3. The molecule has 19 heavy (non-hydrogen) atoms. The van der Waals surface area contributed by atoms with Crippen molar-refractivity contribution in [2.24, 2.45) is 0 Å². The molecule has 0 saturated carbocycles. The molecule has 0 spiro atoms. The van der Waals surface area contributed by atoms with Gasteiger partial charge in [-0.05, 0) is 24.1 Å². The lowest BCUT2D eigenvalue weighted by Gasteiger charge is -2.18. The van der Waals surface area contributed by atoms with Gasteiger partial charge in [0, 0.05) is 25.2 Å². The second kappa shape index (κ2) is 5.44. The molecule has 1 aliphatic heterocycles. The number of fused-ring (bicyclic) bond motifs is 1. The first kappa shape index (κ1) is 13.0. The van der Waals surface area contributed by atoms with Gasteiger partial charge in [0.15, 0.2) is 0 Å². The highest BCUT2D eigenvalue weighted by Crippen LogP contribution is 2.29. The topological polar surface area (TPSA) is 69.6 Å². The second-order valence-corrected chi connectivity index (χ2v) is 4.24. The number of nitrogens with zero attached hydrogens (tertiary/aromatic N) is 1. The normalized spacial score (nSPS) is 12.7. The van der Waals surface area contributed by atoms with Crippen LogP contribution < -0.4 is 10.2 Å². The number of benzene rings is 1. The lowest BCUT2D eigenvalue weighted by molar-refractivity contribution is 0.0697. The number of terminal acetylenes is 1. The summed E-state index contributed by atoms with van der Waals surface area (Å²) in [5, 5.41) is 11.7. The van der Waals surface area contributed by atoms with Crippen molar-refractivity contribution in [3.8, 4) is 12.3 Å². The van der Waals surface area contributed by atoms with Gasteiger partial charge in [0.05, 0.1) is 5.56 Å². The summed E-state index contributed by atoms with van der Waals surface area (Å²) in [6.07, 6.45) is 6.33. The average Bonchev–Trinajstić information content (AvgIpc) is 2.81. The maximum atomic E-state index is 12.0. The average molecular weight is 258 g/mol. The van der Waals surface area contributed by atoms with Crippen LogP contribution in [0.2, 0.25) is 0 Å². The molecule has 1 aliphatic rings. The minimum atomic E-state index is -0.998. The van der Waals surface area contributed by atoms with Gasteiger partial charge in [0.2, 0.25) is 0 Å². The Kier molecular flexibility index (Phi) is 3.71. The number of amides is 2. The number of aromatic carboxylic acids is 1. The highest BCUT2D eigenvalue weighted by Gasteiger charge is 2.25. The number of anilines is 1. The summed E-state index contributed by atoms with van der Waals surface area (Å²) in [7, 11) is 0. The molecule has 0 bridgehead atoms. The third kappa shape index (κ3) is 2.68. The van der Waals surface area contributed by atoms with Crippen molar-refractivity contribution in [3.63, 3.8) is 0 Å². The molecule has 1 heterocycles. The standard InChI is InChI=1S/C14H14N2O3/c1-2-3-7-15-14(19)16-8-6-10-4-5-11(13(17)18)9-12(10)16/h1,4-5,9H,3,6-8H2,(H,15,19)(H,17,18). The van der Waals surface area contributed by atoms with Crippen molar-refractivity contribution in [2.45, 2.75) is 12.8 Å². The van der Waals surface area contributed by atoms with E-state index < -0.39 is 5.97 Å². The number of carboxylic acids is 1. The summed E-state index contributed by atoms with van der Waals surface area (Å²) < 4.78 is 0. The molecule has 0 fully saturated rings. The van der Waals surface area contributed by atoms with Gasteiger partial charge in [-0.25, -0.2) is 9.59 Å². The number of carboxylic acid groups (broad SMARTS) is 1. The van der Waals surface area contributed by atoms with Gasteiger partial charge in [-0.2, -0.15) is 0 Å². The fourth-order valence-corrected chi connectivity index (χ4v) is 2.06. The van der Waals surface area contributed by atoms with Crippen LogP contribution in [0, 0.1) is 12.3 Å². The van der Waals surface area contributed by atoms with Gasteiger partial charge < -0.3 is 10.4 Å². The van der Waals surface area contributed by atoms with E-state index in [0.29, 0.717) is 25.2 Å². The van der Waals surface area contributed by atoms with E-state index in [2.05, 4.69) is 11.2 Å². The Labute approximate surface area is 111 Å². The van der Waals surface area contributed by atoms with E-state index in [-0.39, 0.29) is 11.6 Å². The Hall–Kier alpha value is -2.48. The lowest BCUT2D eigenvalue weighted by Crippen LogP contribution is -2.39. The van der Waals surface area contributed by atoms with Crippen LogP contribution in [0.25, 0.3) is 0 Å². The fourth-order valence-electron chi connectivity index (χ4n) is 2.06. The Balaban J connectivity index is 2.16. The number of hydrogen-bond donors (Lipinski definition) is 2. The Morgan fingerprint density at radius 2 is 2.26 bits per heavy atom. The Morgan fingerprint density at radius 1 is 1.47 bits per heavy atom. The first-order valence-electron chi connectivity index (χ1n) is 5.98. The van der Waals surface area contributed by atoms with Crippen LogP contribution in [0.4, 0.5) is 10.5 Å². The summed E-state index contributed by atoms with van der Waals surface area (Å²) in [6.45, 7) is 0.972. The lowest BCUT2D eigenvalue weighted by atomic mass is 10.1. The molecule has 0 aliphatic carbocycles. The van der Waals surface area contributed by atoms with Crippen LogP contribution >= 0.6 is 0 Å². The number of carbonyl (C=O) groups is 2. The first-order valence-corrected chi connectivity index (χ1v) is 5.98. The molecule has 1 aromatic rings. The SMILES string of the molecule is C#CCCNC(=O)N1CCc2ccc(C(=O)O)cc21. The van der Waals surface area contributed by atoms with Crippen molar-refractivity contribution in [3.05, 3.63) is 29.3 Å². The Bertz CT molecular complexity index is 560. The van der Waals surface area contributed by atoms with Gasteiger partial charge in [-0.15, -0.1) is 12.3 Å². The van der Waals surface area contributed by atoms with Crippen LogP contribution in [0.5, 0.6) is 0 Å². The van der Waals surface area contributed by atoms with Gasteiger partial charge >= 0.3 is 12.0 Å². The predicted octanol–water partition coefficient (Wildman–Crippen LogP) is 1.48. The molecule has 0 radical (unpaired) electrons. The summed E-state index contributed by atoms with van der Waals surface area (Å²) in [5.74, 6) is 1.45. The molecule has 0 atom stereocenters. The number of rotatable bonds is 3. The zero-order chi connectivity index (χ0) is 13.8. The molecular weight excluding hydrogens is 244 g/mol. The van der Waals surface area contributed by atoms with Crippen molar-refractivity contribution in [2.75, 3.05) is 18.0 Å². The minimum Gasteiger partial charge on any atom is -0.478 e. The molecule has 5 nitrogen and oxygen atoms in total. The molecule has 2 N–H and O–H groups in total. The molecule has 2 amide bonds. The summed E-state index contributed by atoms with van der Waals surface area (Å²) >= 11 is 0. The van der Waals surface area contributed by atoms with Crippen LogP contribution in [-0.2, 0) is 6.42 Å². The van der Waals surface area contributed by atoms with Gasteiger partial charge in [0.25, 0.3) is 0 Å². The predicted molar refractivity (Wildman–Crippen MR) is 71.3 cm³/mol. The third-order valence-electron chi connectivity index (χ3n) is 3.02. The quantitative estimate of drug-likeness (QED) is 0.637. The highest BCUT2D eigenvalue weighted by atomic mass is 16.4. The van der Waals surface area contributed by atoms with Crippen LogP contribution in [-0.4, -0.2) is 30.2 Å². The maximum Gasteiger partial charge on any atom is 0.335 e. The van der Waals surface area contributed by atoms with Crippen LogP contribution in [0.15, 0.2) is 18.2 Å². The van der Waals surface area contributed by atoms with Gasteiger partial charge in [-0.1, -0.05) is 6.07 Å². The van der Waals surface area contributed by atoms with E-state index in [0.717, 1.165) is 12.0 Å². The molecule has 0 saturated heterocycles. The molecule has 98 valence electrons. The van der Waals surface area contributed by atoms with E-state index in [1.54, 1.807) is 17.0 Å². The van der Waals surface area contributed by atoms with E-state index >= 15 is 0 Å². The summed E-state index contributed by atoms with van der Waals surface area (Å²) in [5.41, 5.74) is 1.83. The van der Waals surface area contributed by atoms with E-state index in [9.17, 15) is 9.59 Å². The number of urea groups is 1. The van der Waals surface area contributed by atoms with E-state index in [1.807, 2.05) is 0 Å². The molecule has 5 heteroatoms. The zero-order valence-corrected chi connectivity index (χ0v) is 10.3. The van der Waals surface area contributed by atoms with Crippen molar-refractivity contribution in [1.29, 1.82) is 0 Å². The smallest absolute Gasteiger partial charge is 0.335 e. The fraction of sp³-hybridized carbons (Fsp3) is 0.286. The van der Waals surface area contributed by atoms with Crippen LogP contribution in [0.1, 0.15) is 22.3 Å². The van der Waals surface area contributed by atoms with Gasteiger partial charge in [-0.3, -0.25) is 4.90 Å². The summed E-state index contributed by atoms with van der Waals surface area (Å²) in [6, 6.07) is 4.61. The molecular formula is C14H14N2O3. The monoisotopic (exact) mass is 258 g/mol. The van der Waals surface area contributed by atoms with Crippen molar-refractivity contribution < 1.29 is 14.7 Å². The van der Waals surface area contributed by atoms with Crippen molar-refractivity contribution >= 4 is 17.7 Å². The summed E-state index contributed by atoms with van der Waals surface area (Å²) in [4.78, 5) is 24.5. The van der Waals surface area contributed by atoms with Crippen LogP contribution in [0.3, 0.4) is 0 Å². The first-order chi connectivity index (χ1) is 9.13. The molecule has 1 aromatic carbocycles. The maximum absolute atomic E-state index is 12.0. The van der Waals surface area contributed by atoms with Gasteiger partial charge in [0.1, 0.15) is 0 Å². The molecule has 0 unspecified atom stereocenters. The third-order valence-corrected chi connectivity index (χ3v) is 3.02. The largest absolute Gasteiger partial charge is 0.478 e. The van der Waals surface area contributed by atoms with E-state index in [4.69, 9.17) is 11.5 Å². The molecule has 2 rings (SSSR count). The minimum absolute atomic E-state index is 0.182. The number of carbonyl (C=O) groups excluding carboxylic acids is 1. The molecule has 0 aromatic heterocycles. The second-order valence-electron chi connectivity index (χ2n) is 4.24. The highest BCUT2D eigenvalue weighted by molar-refractivity contribution is 5.96. The van der Waals surface area contributed by atoms with Crippen molar-refractivity contribution in [1.82, 2.24) is 5.32 Å². The van der Waals surface area contributed by atoms with E-state index in [1.165, 1.54) is 6.07 Å². The number of nitrogens with one attached hydrogen (secondary N) is 1.